The SMILES string of the molecule is CCOC(=O)C1(CCF)CCNC1. The van der Waals surface area contributed by atoms with Crippen molar-refractivity contribution in [2.45, 2.75) is 19.8 Å². The standard InChI is InChI=1S/C9H16FNO2/c1-2-13-8(12)9(3-5-10)4-6-11-7-9/h11H,2-7H2,1H3. The molecule has 0 aromatic carbocycles. The van der Waals surface area contributed by atoms with Crippen molar-refractivity contribution in [2.75, 3.05) is 26.4 Å². The average molecular weight is 189 g/mol. The zero-order chi connectivity index (χ0) is 9.73. The van der Waals surface area contributed by atoms with Crippen LogP contribution >= 0.6 is 0 Å². The van der Waals surface area contributed by atoms with Gasteiger partial charge in [0.15, 0.2) is 0 Å². The van der Waals surface area contributed by atoms with E-state index in [1.807, 2.05) is 0 Å². The Balaban J connectivity index is 2.60. The molecule has 4 heteroatoms. The van der Waals surface area contributed by atoms with E-state index in [1.165, 1.54) is 0 Å². The second-order valence-electron chi connectivity index (χ2n) is 3.37. The molecule has 0 radical (unpaired) electrons. The Kier molecular flexibility index (Phi) is 3.66. The molecule has 1 fully saturated rings. The van der Waals surface area contributed by atoms with Crippen molar-refractivity contribution >= 4 is 5.97 Å². The Morgan fingerprint density at radius 1 is 1.69 bits per heavy atom. The highest BCUT2D eigenvalue weighted by Gasteiger charge is 2.42. The summed E-state index contributed by atoms with van der Waals surface area (Å²) in [5.41, 5.74) is -0.592. The van der Waals surface area contributed by atoms with E-state index in [4.69, 9.17) is 4.74 Å². The predicted octanol–water partition coefficient (Wildman–Crippen LogP) is 0.889. The van der Waals surface area contributed by atoms with E-state index in [9.17, 15) is 9.18 Å². The largest absolute Gasteiger partial charge is 0.466 e. The molecule has 0 bridgehead atoms. The zero-order valence-corrected chi connectivity index (χ0v) is 7.94. The van der Waals surface area contributed by atoms with E-state index in [-0.39, 0.29) is 12.4 Å². The van der Waals surface area contributed by atoms with Gasteiger partial charge in [-0.1, -0.05) is 0 Å². The van der Waals surface area contributed by atoms with Gasteiger partial charge in [0.25, 0.3) is 0 Å². The summed E-state index contributed by atoms with van der Waals surface area (Å²) in [4.78, 5) is 11.5. The summed E-state index contributed by atoms with van der Waals surface area (Å²) in [7, 11) is 0. The minimum Gasteiger partial charge on any atom is -0.466 e. The van der Waals surface area contributed by atoms with Crippen LogP contribution < -0.4 is 5.32 Å². The predicted molar refractivity (Wildman–Crippen MR) is 47.1 cm³/mol. The normalized spacial score (nSPS) is 27.5. The van der Waals surface area contributed by atoms with Gasteiger partial charge in [-0.3, -0.25) is 9.18 Å². The number of carbonyl (C=O) groups excluding carboxylic acids is 1. The van der Waals surface area contributed by atoms with Crippen molar-refractivity contribution in [3.05, 3.63) is 0 Å². The molecule has 0 amide bonds. The number of rotatable bonds is 4. The second kappa shape index (κ2) is 4.56. The van der Waals surface area contributed by atoms with Crippen molar-refractivity contribution < 1.29 is 13.9 Å². The van der Waals surface area contributed by atoms with Crippen LogP contribution in [0.2, 0.25) is 0 Å². The van der Waals surface area contributed by atoms with Gasteiger partial charge < -0.3 is 10.1 Å². The first-order valence-corrected chi connectivity index (χ1v) is 4.69. The molecule has 76 valence electrons. The van der Waals surface area contributed by atoms with Gasteiger partial charge in [0.05, 0.1) is 18.7 Å². The number of esters is 1. The van der Waals surface area contributed by atoms with Crippen molar-refractivity contribution in [1.29, 1.82) is 0 Å². The summed E-state index contributed by atoms with van der Waals surface area (Å²) < 4.78 is 17.2. The van der Waals surface area contributed by atoms with Crippen LogP contribution in [0.3, 0.4) is 0 Å². The Morgan fingerprint density at radius 3 is 2.92 bits per heavy atom. The van der Waals surface area contributed by atoms with E-state index in [0.717, 1.165) is 6.54 Å². The molecule has 1 atom stereocenters. The van der Waals surface area contributed by atoms with Gasteiger partial charge in [0.2, 0.25) is 0 Å². The molecule has 1 rings (SSSR count). The lowest BCUT2D eigenvalue weighted by Gasteiger charge is -2.23. The first-order valence-electron chi connectivity index (χ1n) is 4.69. The molecule has 0 aliphatic carbocycles. The quantitative estimate of drug-likeness (QED) is 0.667. The fourth-order valence-corrected chi connectivity index (χ4v) is 1.70. The molecule has 1 heterocycles. The van der Waals surface area contributed by atoms with Gasteiger partial charge in [0.1, 0.15) is 0 Å². The van der Waals surface area contributed by atoms with Crippen LogP contribution in [0.4, 0.5) is 4.39 Å². The zero-order valence-electron chi connectivity index (χ0n) is 7.94. The Hall–Kier alpha value is -0.640. The third-order valence-electron chi connectivity index (χ3n) is 2.53. The van der Waals surface area contributed by atoms with E-state index in [0.29, 0.717) is 19.6 Å². The summed E-state index contributed by atoms with van der Waals surface area (Å²) in [6, 6.07) is 0. The van der Waals surface area contributed by atoms with E-state index < -0.39 is 12.1 Å². The number of ether oxygens (including phenoxy) is 1. The van der Waals surface area contributed by atoms with Gasteiger partial charge in [0, 0.05) is 6.54 Å². The highest BCUT2D eigenvalue weighted by Crippen LogP contribution is 2.31. The molecule has 0 aromatic heterocycles. The molecule has 1 N–H and O–H groups in total. The van der Waals surface area contributed by atoms with Crippen LogP contribution in [-0.2, 0) is 9.53 Å². The van der Waals surface area contributed by atoms with Crippen molar-refractivity contribution in [3.8, 4) is 0 Å². The third-order valence-corrected chi connectivity index (χ3v) is 2.53. The summed E-state index contributed by atoms with van der Waals surface area (Å²) >= 11 is 0. The smallest absolute Gasteiger partial charge is 0.313 e. The van der Waals surface area contributed by atoms with E-state index in [1.54, 1.807) is 6.92 Å². The van der Waals surface area contributed by atoms with Crippen LogP contribution in [0.5, 0.6) is 0 Å². The monoisotopic (exact) mass is 189 g/mol. The topological polar surface area (TPSA) is 38.3 Å². The Morgan fingerprint density at radius 2 is 2.46 bits per heavy atom. The summed E-state index contributed by atoms with van der Waals surface area (Å²) in [5.74, 6) is -0.252. The molecule has 1 unspecified atom stereocenters. The van der Waals surface area contributed by atoms with Crippen molar-refractivity contribution in [2.24, 2.45) is 5.41 Å². The third kappa shape index (κ3) is 2.18. The van der Waals surface area contributed by atoms with Gasteiger partial charge in [-0.25, -0.2) is 0 Å². The molecular formula is C9H16FNO2. The number of alkyl halides is 1. The van der Waals surface area contributed by atoms with Gasteiger partial charge >= 0.3 is 5.97 Å². The first kappa shape index (κ1) is 10.4. The average Bonchev–Trinajstić information content (AvgIpc) is 2.55. The summed E-state index contributed by atoms with van der Waals surface area (Å²) in [6.07, 6.45) is 0.967. The fourth-order valence-electron chi connectivity index (χ4n) is 1.70. The minimum atomic E-state index is -0.592. The van der Waals surface area contributed by atoms with Gasteiger partial charge in [-0.2, -0.15) is 0 Å². The van der Waals surface area contributed by atoms with Crippen LogP contribution in [-0.4, -0.2) is 32.3 Å². The summed E-state index contributed by atoms with van der Waals surface area (Å²) in [6.45, 7) is 3.01. The maximum Gasteiger partial charge on any atom is 0.313 e. The lowest BCUT2D eigenvalue weighted by molar-refractivity contribution is -0.154. The second-order valence-corrected chi connectivity index (χ2v) is 3.37. The highest BCUT2D eigenvalue weighted by molar-refractivity contribution is 5.77. The number of hydrogen-bond acceptors (Lipinski definition) is 3. The van der Waals surface area contributed by atoms with E-state index >= 15 is 0 Å². The number of hydrogen-bond donors (Lipinski definition) is 1. The minimum absolute atomic E-state index is 0.252. The molecule has 1 aliphatic rings. The fraction of sp³-hybridized carbons (Fsp3) is 0.889. The molecule has 1 saturated heterocycles. The van der Waals surface area contributed by atoms with Crippen LogP contribution in [0.1, 0.15) is 19.8 Å². The Labute approximate surface area is 77.6 Å². The maximum atomic E-state index is 12.3. The van der Waals surface area contributed by atoms with Crippen molar-refractivity contribution in [3.63, 3.8) is 0 Å². The van der Waals surface area contributed by atoms with Crippen LogP contribution in [0, 0.1) is 5.41 Å². The lowest BCUT2D eigenvalue weighted by atomic mass is 9.84. The highest BCUT2D eigenvalue weighted by atomic mass is 19.1. The first-order chi connectivity index (χ1) is 6.25. The van der Waals surface area contributed by atoms with Crippen LogP contribution in [0.15, 0.2) is 0 Å². The molecule has 13 heavy (non-hydrogen) atoms. The molecule has 0 saturated carbocycles. The lowest BCUT2D eigenvalue weighted by Crippen LogP contribution is -2.35. The number of halogens is 1. The number of carbonyl (C=O) groups is 1. The van der Waals surface area contributed by atoms with Crippen LogP contribution in [0.25, 0.3) is 0 Å². The molecular weight excluding hydrogens is 173 g/mol. The van der Waals surface area contributed by atoms with Gasteiger partial charge in [-0.15, -0.1) is 0 Å². The number of nitrogens with one attached hydrogen (secondary N) is 1. The summed E-state index contributed by atoms with van der Waals surface area (Å²) in [5, 5.41) is 3.07. The molecule has 0 spiro atoms. The van der Waals surface area contributed by atoms with Crippen molar-refractivity contribution in [1.82, 2.24) is 5.32 Å². The van der Waals surface area contributed by atoms with Gasteiger partial charge in [-0.05, 0) is 26.3 Å². The van der Waals surface area contributed by atoms with E-state index in [2.05, 4.69) is 5.32 Å². The maximum absolute atomic E-state index is 12.3. The Bertz CT molecular complexity index is 178. The molecule has 1 aliphatic heterocycles. The molecule has 3 nitrogen and oxygen atoms in total. The molecule has 0 aromatic rings.